The lowest BCUT2D eigenvalue weighted by Gasteiger charge is -2.32. The molecule has 2 atom stereocenters. The maximum atomic E-state index is 14.1. The average Bonchev–Trinajstić information content (AvgIpc) is 3.31. The van der Waals surface area contributed by atoms with Crippen molar-refractivity contribution in [1.29, 1.82) is 0 Å². The Labute approximate surface area is 235 Å². The van der Waals surface area contributed by atoms with Crippen molar-refractivity contribution in [2.45, 2.75) is 71.4 Å². The molecule has 0 saturated carbocycles. The number of rotatable bonds is 9. The van der Waals surface area contributed by atoms with Gasteiger partial charge in [-0.2, -0.15) is 0 Å². The summed E-state index contributed by atoms with van der Waals surface area (Å²) in [4.78, 5) is 50.1. The number of para-hydroxylation sites is 1. The Hall–Kier alpha value is -3.82. The van der Waals surface area contributed by atoms with Crippen molar-refractivity contribution in [1.82, 2.24) is 29.7 Å². The van der Waals surface area contributed by atoms with Gasteiger partial charge in [-0.25, -0.2) is 14.6 Å². The van der Waals surface area contributed by atoms with Gasteiger partial charge < -0.3 is 29.8 Å². The number of aryl methyl sites for hydroxylation is 2. The van der Waals surface area contributed by atoms with Crippen molar-refractivity contribution in [3.63, 3.8) is 0 Å². The van der Waals surface area contributed by atoms with E-state index in [0.717, 1.165) is 42.1 Å². The molecular formula is C30H42N6O4. The summed E-state index contributed by atoms with van der Waals surface area (Å²) in [6, 6.07) is 6.55. The van der Waals surface area contributed by atoms with Gasteiger partial charge in [0.15, 0.2) is 5.69 Å². The van der Waals surface area contributed by atoms with Gasteiger partial charge in [-0.1, -0.05) is 44.9 Å². The molecule has 3 N–H and O–H groups in total. The molecule has 1 aromatic carbocycles. The van der Waals surface area contributed by atoms with E-state index in [4.69, 9.17) is 0 Å². The average molecular weight is 551 g/mol. The summed E-state index contributed by atoms with van der Waals surface area (Å²) in [5.74, 6) is -0.776. The summed E-state index contributed by atoms with van der Waals surface area (Å²) in [7, 11) is 3.69. The Morgan fingerprint density at radius 1 is 1.12 bits per heavy atom. The number of benzene rings is 1. The molecule has 1 aliphatic rings. The van der Waals surface area contributed by atoms with E-state index in [0.29, 0.717) is 37.4 Å². The monoisotopic (exact) mass is 550 g/mol. The number of urea groups is 1. The van der Waals surface area contributed by atoms with Crippen LogP contribution < -0.4 is 5.32 Å². The smallest absolute Gasteiger partial charge is 0.356 e. The minimum atomic E-state index is -1.12. The van der Waals surface area contributed by atoms with E-state index in [-0.39, 0.29) is 23.6 Å². The fraction of sp³-hybridized carbons (Fsp3) is 0.533. The summed E-state index contributed by atoms with van der Waals surface area (Å²) in [6.07, 6.45) is 7.09. The third-order valence-corrected chi connectivity index (χ3v) is 7.83. The number of likely N-dealkylation sites (tertiary alicyclic amines) is 1. The van der Waals surface area contributed by atoms with Crippen LogP contribution in [-0.2, 0) is 18.3 Å². The number of likely N-dealkylation sites (N-methyl/N-ethyl adjacent to an activating group) is 1. The molecule has 10 nitrogen and oxygen atoms in total. The highest BCUT2D eigenvalue weighted by molar-refractivity contribution is 5.88. The van der Waals surface area contributed by atoms with Gasteiger partial charge in [-0.3, -0.25) is 4.79 Å². The third-order valence-electron chi connectivity index (χ3n) is 7.83. The van der Waals surface area contributed by atoms with Crippen LogP contribution >= 0.6 is 0 Å². The summed E-state index contributed by atoms with van der Waals surface area (Å²) >= 11 is 0. The van der Waals surface area contributed by atoms with Gasteiger partial charge >= 0.3 is 12.0 Å². The van der Waals surface area contributed by atoms with Crippen LogP contribution in [0.15, 0.2) is 30.5 Å². The number of aromatic nitrogens is 3. The molecule has 3 amide bonds. The van der Waals surface area contributed by atoms with Gasteiger partial charge in [0.05, 0.1) is 6.04 Å². The normalized spacial score (nSPS) is 15.6. The van der Waals surface area contributed by atoms with Crippen LogP contribution in [0, 0.1) is 12.8 Å². The lowest BCUT2D eigenvalue weighted by atomic mass is 9.99. The predicted octanol–water partition coefficient (Wildman–Crippen LogP) is 4.65. The number of fused-ring (bicyclic) bond motifs is 1. The minimum Gasteiger partial charge on any atom is -0.476 e. The van der Waals surface area contributed by atoms with E-state index in [1.165, 1.54) is 0 Å². The fourth-order valence-electron chi connectivity index (χ4n) is 5.67. The number of hydrogen-bond donors (Lipinski definition) is 3. The molecule has 1 aliphatic heterocycles. The van der Waals surface area contributed by atoms with Crippen molar-refractivity contribution in [3.05, 3.63) is 53.2 Å². The van der Waals surface area contributed by atoms with Gasteiger partial charge in [0, 0.05) is 56.4 Å². The number of carbonyl (C=O) groups is 3. The third kappa shape index (κ3) is 6.48. The molecular weight excluding hydrogens is 508 g/mol. The van der Waals surface area contributed by atoms with Gasteiger partial charge in [0.25, 0.3) is 0 Å². The number of imidazole rings is 1. The number of H-pyrrole nitrogens is 1. The van der Waals surface area contributed by atoms with Crippen molar-refractivity contribution >= 4 is 28.8 Å². The molecule has 0 aliphatic carbocycles. The van der Waals surface area contributed by atoms with Gasteiger partial charge in [0.1, 0.15) is 11.9 Å². The zero-order chi connectivity index (χ0) is 29.0. The van der Waals surface area contributed by atoms with Crippen molar-refractivity contribution in [2.24, 2.45) is 13.0 Å². The molecule has 1 fully saturated rings. The summed E-state index contributed by atoms with van der Waals surface area (Å²) in [6.45, 7) is 7.11. The number of nitrogens with one attached hydrogen (secondary N) is 2. The van der Waals surface area contributed by atoms with E-state index >= 15 is 0 Å². The molecule has 2 aromatic heterocycles. The molecule has 216 valence electrons. The van der Waals surface area contributed by atoms with Crippen LogP contribution in [0.4, 0.5) is 4.79 Å². The van der Waals surface area contributed by atoms with Crippen LogP contribution in [0.1, 0.15) is 79.6 Å². The molecule has 0 unspecified atom stereocenters. The minimum absolute atomic E-state index is 0.0630. The number of amides is 3. The Balaban J connectivity index is 1.66. The number of aromatic carboxylic acids is 1. The molecule has 1 saturated heterocycles. The second-order valence-corrected chi connectivity index (χ2v) is 11.4. The lowest BCUT2D eigenvalue weighted by Crippen LogP contribution is -2.53. The summed E-state index contributed by atoms with van der Waals surface area (Å²) < 4.78 is 2.04. The number of carboxylic acid groups (broad SMARTS) is 1. The molecule has 3 heterocycles. The molecule has 40 heavy (non-hydrogen) atoms. The van der Waals surface area contributed by atoms with Crippen LogP contribution in [0.25, 0.3) is 10.9 Å². The van der Waals surface area contributed by atoms with Crippen LogP contribution in [0.5, 0.6) is 0 Å². The van der Waals surface area contributed by atoms with Gasteiger partial charge in [-0.05, 0) is 43.7 Å². The number of aromatic amines is 1. The predicted molar refractivity (Wildman–Crippen MR) is 154 cm³/mol. The molecule has 0 bridgehead atoms. The Morgan fingerprint density at radius 2 is 1.80 bits per heavy atom. The summed E-state index contributed by atoms with van der Waals surface area (Å²) in [5, 5.41) is 13.7. The number of carboxylic acids is 1. The quantitative estimate of drug-likeness (QED) is 0.358. The molecule has 0 spiro atoms. The fourth-order valence-corrected chi connectivity index (χ4v) is 5.67. The first-order chi connectivity index (χ1) is 19.1. The first kappa shape index (κ1) is 29.2. The van der Waals surface area contributed by atoms with E-state index in [9.17, 15) is 19.5 Å². The zero-order valence-electron chi connectivity index (χ0n) is 24.2. The van der Waals surface area contributed by atoms with E-state index in [1.807, 2.05) is 60.8 Å². The molecule has 4 rings (SSSR count). The second-order valence-electron chi connectivity index (χ2n) is 11.4. The van der Waals surface area contributed by atoms with E-state index in [1.54, 1.807) is 18.9 Å². The van der Waals surface area contributed by atoms with Crippen molar-refractivity contribution in [3.8, 4) is 0 Å². The summed E-state index contributed by atoms with van der Waals surface area (Å²) in [5.41, 5.74) is 2.45. The van der Waals surface area contributed by atoms with Crippen LogP contribution in [-0.4, -0.2) is 73.5 Å². The lowest BCUT2D eigenvalue weighted by molar-refractivity contribution is -0.134. The highest BCUT2D eigenvalue weighted by atomic mass is 16.4. The highest BCUT2D eigenvalue weighted by Crippen LogP contribution is 2.29. The maximum Gasteiger partial charge on any atom is 0.356 e. The van der Waals surface area contributed by atoms with Gasteiger partial charge in [-0.15, -0.1) is 0 Å². The van der Waals surface area contributed by atoms with Crippen molar-refractivity contribution in [2.75, 3.05) is 20.1 Å². The van der Waals surface area contributed by atoms with Crippen molar-refractivity contribution < 1.29 is 19.5 Å². The number of nitrogens with zero attached hydrogens (tertiary/aromatic N) is 4. The Morgan fingerprint density at radius 3 is 2.42 bits per heavy atom. The molecule has 0 radical (unpaired) electrons. The van der Waals surface area contributed by atoms with E-state index in [2.05, 4.69) is 15.3 Å². The number of hydrogen-bond acceptors (Lipinski definition) is 4. The van der Waals surface area contributed by atoms with Gasteiger partial charge in [0.2, 0.25) is 5.91 Å². The standard InChI is InChI=1S/C30H42N6O4/c1-19(2)16-23(32-30(40)36-14-10-6-7-11-15-36)28(37)35(5)25(27-31-20(3)26(33-27)29(38)39)17-21-18-34(4)24-13-9-8-12-22(21)24/h8-9,12-13,18-19,23,25H,6-7,10-11,14-17H2,1-5H3,(H,31,33)(H,32,40)(H,38,39)/t23-,25+/m0/s1. The zero-order valence-corrected chi connectivity index (χ0v) is 24.2. The Bertz CT molecular complexity index is 1350. The Kier molecular flexibility index (Phi) is 9.17. The van der Waals surface area contributed by atoms with E-state index < -0.39 is 18.1 Å². The van der Waals surface area contributed by atoms with Crippen LogP contribution in [0.2, 0.25) is 0 Å². The highest BCUT2D eigenvalue weighted by Gasteiger charge is 2.33. The largest absolute Gasteiger partial charge is 0.476 e. The topological polar surface area (TPSA) is 124 Å². The first-order valence-corrected chi connectivity index (χ1v) is 14.2. The van der Waals surface area contributed by atoms with Crippen LogP contribution in [0.3, 0.4) is 0 Å². The second kappa shape index (κ2) is 12.6. The molecule has 3 aromatic rings. The SMILES string of the molecule is Cc1[nH]c([C@@H](Cc2cn(C)c3ccccc23)N(C)C(=O)[C@H](CC(C)C)NC(=O)N2CCCCCC2)nc1C(=O)O. The molecule has 10 heteroatoms. The maximum absolute atomic E-state index is 14.1. The number of carbonyl (C=O) groups excluding carboxylic acids is 2. The first-order valence-electron chi connectivity index (χ1n) is 14.2.